The Hall–Kier alpha value is -2.69. The lowest BCUT2D eigenvalue weighted by atomic mass is 9.87. The Morgan fingerprint density at radius 3 is 3.00 bits per heavy atom. The number of likely N-dealkylation sites (N-methyl/N-ethyl adjacent to an activating group) is 1. The Morgan fingerprint density at radius 1 is 1.38 bits per heavy atom. The van der Waals surface area contributed by atoms with Gasteiger partial charge in [-0.25, -0.2) is 4.58 Å². The molecule has 1 aliphatic heterocycles. The minimum atomic E-state index is -0.141. The van der Waals surface area contributed by atoms with Crippen LogP contribution in [0.2, 0.25) is 0 Å². The summed E-state index contributed by atoms with van der Waals surface area (Å²) in [7, 11) is 3.70. The van der Waals surface area contributed by atoms with E-state index in [1.807, 2.05) is 35.9 Å². The number of carbonyl (C=O) groups excluding carboxylic acids is 1. The first kappa shape index (κ1) is 14.9. The van der Waals surface area contributed by atoms with Crippen molar-refractivity contribution in [3.63, 3.8) is 0 Å². The van der Waals surface area contributed by atoms with Crippen molar-refractivity contribution in [2.24, 2.45) is 0 Å². The van der Waals surface area contributed by atoms with Crippen LogP contribution in [-0.4, -0.2) is 47.1 Å². The lowest BCUT2D eigenvalue weighted by Gasteiger charge is -2.19. The minimum Gasteiger partial charge on any atom is -0.497 e. The van der Waals surface area contributed by atoms with E-state index in [0.717, 1.165) is 35.6 Å². The number of Topliss-reactive ketones (excluding diaryl/α,β-unsaturated/α-hetero) is 1. The average Bonchev–Trinajstić information content (AvgIpc) is 2.94. The van der Waals surface area contributed by atoms with Crippen molar-refractivity contribution >= 4 is 17.2 Å². The molecule has 0 unspecified atom stereocenters. The number of nitrogens with one attached hydrogen (secondary N) is 1. The van der Waals surface area contributed by atoms with Crippen LogP contribution in [0.5, 0.6) is 5.75 Å². The third kappa shape index (κ3) is 2.19. The number of ether oxygens (including phenoxy) is 1. The highest BCUT2D eigenvalue weighted by Crippen LogP contribution is 2.29. The van der Waals surface area contributed by atoms with E-state index in [-0.39, 0.29) is 11.5 Å². The fraction of sp³-hybridized carbons (Fsp3) is 0.316. The first-order valence-corrected chi connectivity index (χ1v) is 8.13. The average molecular weight is 322 g/mol. The molecule has 5 heteroatoms. The van der Waals surface area contributed by atoms with E-state index in [0.29, 0.717) is 18.7 Å². The maximum atomic E-state index is 12.7. The molecule has 2 heterocycles. The summed E-state index contributed by atoms with van der Waals surface area (Å²) in [4.78, 5) is 12.7. The molecule has 0 fully saturated rings. The highest BCUT2D eigenvalue weighted by Gasteiger charge is 2.39. The molecule has 2 aromatic rings. The monoisotopic (exact) mass is 322 g/mol. The van der Waals surface area contributed by atoms with Crippen molar-refractivity contribution < 1.29 is 14.1 Å². The van der Waals surface area contributed by atoms with Gasteiger partial charge in [-0.15, -0.1) is 0 Å². The summed E-state index contributed by atoms with van der Waals surface area (Å²) in [6.07, 6.45) is 3.47. The molecule has 1 aromatic heterocycles. The van der Waals surface area contributed by atoms with Crippen LogP contribution in [0, 0.1) is 5.41 Å². The molecular formula is C19H20N3O2+. The van der Waals surface area contributed by atoms with Gasteiger partial charge in [0.1, 0.15) is 25.0 Å². The van der Waals surface area contributed by atoms with Crippen LogP contribution in [0.4, 0.5) is 0 Å². The molecule has 0 bridgehead atoms. The predicted molar refractivity (Wildman–Crippen MR) is 92.1 cm³/mol. The van der Waals surface area contributed by atoms with E-state index in [1.165, 1.54) is 5.56 Å². The van der Waals surface area contributed by atoms with Gasteiger partial charge in [-0.1, -0.05) is 12.1 Å². The van der Waals surface area contributed by atoms with Gasteiger partial charge < -0.3 is 14.7 Å². The number of methoxy groups -OCH3 is 1. The van der Waals surface area contributed by atoms with Gasteiger partial charge in [0, 0.05) is 19.2 Å². The Bertz CT molecular complexity index is 905. The van der Waals surface area contributed by atoms with Crippen LogP contribution in [0.1, 0.15) is 33.6 Å². The molecule has 0 atom stereocenters. The molecule has 24 heavy (non-hydrogen) atoms. The lowest BCUT2D eigenvalue weighted by Crippen LogP contribution is -2.36. The summed E-state index contributed by atoms with van der Waals surface area (Å²) >= 11 is 0. The molecule has 1 aliphatic carbocycles. The van der Waals surface area contributed by atoms with Gasteiger partial charge in [0.25, 0.3) is 0 Å². The summed E-state index contributed by atoms with van der Waals surface area (Å²) in [5.41, 5.74) is 5.33. The second kappa shape index (κ2) is 5.44. The van der Waals surface area contributed by atoms with Gasteiger partial charge >= 0.3 is 0 Å². The van der Waals surface area contributed by atoms with Crippen molar-refractivity contribution in [1.82, 2.24) is 4.57 Å². The number of hydrogen-bond acceptors (Lipinski definition) is 3. The quantitative estimate of drug-likeness (QED) is 0.880. The third-order valence-electron chi connectivity index (χ3n) is 4.94. The molecule has 0 saturated carbocycles. The molecule has 0 radical (unpaired) electrons. The number of nitrogens with zero attached hydrogens (tertiary/aromatic N) is 2. The molecule has 0 amide bonds. The molecule has 2 aliphatic rings. The first-order chi connectivity index (χ1) is 11.6. The van der Waals surface area contributed by atoms with E-state index in [4.69, 9.17) is 10.1 Å². The molecular weight excluding hydrogens is 302 g/mol. The van der Waals surface area contributed by atoms with E-state index >= 15 is 0 Å². The van der Waals surface area contributed by atoms with Gasteiger partial charge in [0.15, 0.2) is 5.71 Å². The van der Waals surface area contributed by atoms with Crippen molar-refractivity contribution in [3.8, 4) is 5.75 Å². The highest BCUT2D eigenvalue weighted by molar-refractivity contribution is 6.51. The van der Waals surface area contributed by atoms with Crippen LogP contribution in [0.25, 0.3) is 0 Å². The summed E-state index contributed by atoms with van der Waals surface area (Å²) in [6.45, 7) is 1.54. The SMILES string of the molecule is COc1cccc(Cn2cc3c4c2C(=O)C(=N)CC4=[N+](C)CC3)c1. The number of rotatable bonds is 3. The zero-order valence-electron chi connectivity index (χ0n) is 13.9. The first-order valence-electron chi connectivity index (χ1n) is 8.13. The lowest BCUT2D eigenvalue weighted by molar-refractivity contribution is -0.498. The van der Waals surface area contributed by atoms with Crippen molar-refractivity contribution in [3.05, 3.63) is 52.8 Å². The molecule has 0 spiro atoms. The normalized spacial score (nSPS) is 16.4. The van der Waals surface area contributed by atoms with Crippen LogP contribution < -0.4 is 4.74 Å². The summed E-state index contributed by atoms with van der Waals surface area (Å²) in [6, 6.07) is 7.89. The molecule has 4 rings (SSSR count). The van der Waals surface area contributed by atoms with Gasteiger partial charge in [-0.3, -0.25) is 4.79 Å². The fourth-order valence-corrected chi connectivity index (χ4v) is 3.69. The van der Waals surface area contributed by atoms with Crippen molar-refractivity contribution in [1.29, 1.82) is 5.41 Å². The fourth-order valence-electron chi connectivity index (χ4n) is 3.69. The van der Waals surface area contributed by atoms with Crippen molar-refractivity contribution in [2.75, 3.05) is 20.7 Å². The predicted octanol–water partition coefficient (Wildman–Crippen LogP) is 2.14. The number of hydrogen-bond donors (Lipinski definition) is 1. The van der Waals surface area contributed by atoms with Crippen LogP contribution in [0.15, 0.2) is 30.5 Å². The highest BCUT2D eigenvalue weighted by atomic mass is 16.5. The Balaban J connectivity index is 1.83. The second-order valence-corrected chi connectivity index (χ2v) is 6.46. The second-order valence-electron chi connectivity index (χ2n) is 6.46. The maximum absolute atomic E-state index is 12.7. The molecule has 1 N–H and O–H groups in total. The largest absolute Gasteiger partial charge is 0.497 e. The Kier molecular flexibility index (Phi) is 3.37. The zero-order valence-corrected chi connectivity index (χ0v) is 13.9. The smallest absolute Gasteiger partial charge is 0.224 e. The topological polar surface area (TPSA) is 58.1 Å². The zero-order chi connectivity index (χ0) is 16.8. The van der Waals surface area contributed by atoms with Gasteiger partial charge in [-0.2, -0.15) is 0 Å². The summed E-state index contributed by atoms with van der Waals surface area (Å²) in [5.74, 6) is 0.669. The Labute approximate surface area is 140 Å². The number of ketones is 1. The van der Waals surface area contributed by atoms with Gasteiger partial charge in [-0.05, 0) is 23.3 Å². The van der Waals surface area contributed by atoms with Gasteiger partial charge in [0.2, 0.25) is 5.78 Å². The summed E-state index contributed by atoms with van der Waals surface area (Å²) in [5, 5.41) is 8.09. The van der Waals surface area contributed by atoms with Crippen LogP contribution in [-0.2, 0) is 13.0 Å². The molecule has 1 aromatic carbocycles. The minimum absolute atomic E-state index is 0.141. The van der Waals surface area contributed by atoms with Crippen LogP contribution >= 0.6 is 0 Å². The number of benzene rings is 1. The summed E-state index contributed by atoms with van der Waals surface area (Å²) < 4.78 is 9.48. The maximum Gasteiger partial charge on any atom is 0.224 e. The Morgan fingerprint density at radius 2 is 2.21 bits per heavy atom. The standard InChI is InChI=1S/C19H20N3O2/c1-21-7-6-13-11-22(10-12-4-3-5-14(8-12)24-2)18-17(13)16(21)9-15(20)19(18)23/h3-5,8,11,20H,6-7,9-10H2,1-2H3/q+1. The van der Waals surface area contributed by atoms with Gasteiger partial charge in [0.05, 0.1) is 24.8 Å². The number of aromatic nitrogens is 1. The molecule has 5 nitrogen and oxygen atoms in total. The van der Waals surface area contributed by atoms with E-state index in [9.17, 15) is 4.79 Å². The van der Waals surface area contributed by atoms with E-state index in [1.54, 1.807) is 7.11 Å². The van der Waals surface area contributed by atoms with E-state index < -0.39 is 0 Å². The van der Waals surface area contributed by atoms with Crippen molar-refractivity contribution in [2.45, 2.75) is 19.4 Å². The number of carbonyl (C=O) groups is 1. The van der Waals surface area contributed by atoms with E-state index in [2.05, 4.69) is 10.8 Å². The third-order valence-corrected chi connectivity index (χ3v) is 4.94. The van der Waals surface area contributed by atoms with Crippen LogP contribution in [0.3, 0.4) is 0 Å². The molecule has 122 valence electrons. The molecule has 0 saturated heterocycles.